The zero-order valence-electron chi connectivity index (χ0n) is 9.41. The zero-order chi connectivity index (χ0) is 12.3. The van der Waals surface area contributed by atoms with Gasteiger partial charge in [-0.15, -0.1) is 11.3 Å². The van der Waals surface area contributed by atoms with Crippen LogP contribution >= 0.6 is 45.5 Å². The lowest BCUT2D eigenvalue weighted by atomic mass is 10.1. The highest BCUT2D eigenvalue weighted by Crippen LogP contribution is 2.31. The largest absolute Gasteiger partial charge is 0.306 e. The summed E-state index contributed by atoms with van der Waals surface area (Å²) in [6.07, 6.45) is 0. The Morgan fingerprint density at radius 3 is 2.47 bits per heavy atom. The Morgan fingerprint density at radius 2 is 1.94 bits per heavy atom. The van der Waals surface area contributed by atoms with E-state index in [1.807, 2.05) is 6.07 Å². The molecule has 1 N–H and O–H groups in total. The monoisotopic (exact) mass is 377 g/mol. The third-order valence-electron chi connectivity index (χ3n) is 2.49. The fourth-order valence-corrected chi connectivity index (χ4v) is 3.25. The van der Waals surface area contributed by atoms with Gasteiger partial charge >= 0.3 is 0 Å². The second kappa shape index (κ2) is 6.18. The fourth-order valence-electron chi connectivity index (χ4n) is 1.73. The predicted octanol–water partition coefficient (Wildman–Crippen LogP) is 4.71. The molecular formula is C13H13ClINS. The van der Waals surface area contributed by atoms with Crippen molar-refractivity contribution >= 4 is 45.5 Å². The lowest BCUT2D eigenvalue weighted by Crippen LogP contribution is -2.20. The van der Waals surface area contributed by atoms with Gasteiger partial charge in [0.05, 0.1) is 10.4 Å². The molecule has 0 radical (unpaired) electrons. The Bertz CT molecular complexity index is 480. The Hall–Kier alpha value is -0.100. The van der Waals surface area contributed by atoms with Crippen molar-refractivity contribution in [3.05, 3.63) is 54.7 Å². The summed E-state index contributed by atoms with van der Waals surface area (Å²) < 4.78 is 2.10. The number of rotatable bonds is 4. The summed E-state index contributed by atoms with van der Waals surface area (Å²) in [6, 6.07) is 12.9. The molecule has 0 amide bonds. The summed E-state index contributed by atoms with van der Waals surface area (Å²) in [5.41, 5.74) is 1.28. The van der Waals surface area contributed by atoms with Crippen LogP contribution in [-0.2, 0) is 0 Å². The van der Waals surface area contributed by atoms with Crippen molar-refractivity contribution in [3.8, 4) is 0 Å². The van der Waals surface area contributed by atoms with E-state index in [4.69, 9.17) is 11.6 Å². The minimum atomic E-state index is 0.245. The standard InChI is InChI=1S/C13H13ClINS/c1-2-16-13(11-7-8-12(14)17-11)9-3-5-10(15)6-4-9/h3-8,13,16H,2H2,1H3. The first-order valence-corrected chi connectivity index (χ1v) is 7.72. The van der Waals surface area contributed by atoms with E-state index in [1.54, 1.807) is 11.3 Å². The molecule has 2 aromatic rings. The van der Waals surface area contributed by atoms with Crippen LogP contribution in [0.15, 0.2) is 36.4 Å². The van der Waals surface area contributed by atoms with E-state index in [0.29, 0.717) is 0 Å². The zero-order valence-corrected chi connectivity index (χ0v) is 13.1. The molecule has 4 heteroatoms. The molecule has 1 nitrogen and oxygen atoms in total. The minimum absolute atomic E-state index is 0.245. The number of hydrogen-bond donors (Lipinski definition) is 1. The maximum Gasteiger partial charge on any atom is 0.0931 e. The van der Waals surface area contributed by atoms with Gasteiger partial charge in [-0.1, -0.05) is 30.7 Å². The maximum atomic E-state index is 6.01. The number of nitrogens with one attached hydrogen (secondary N) is 1. The van der Waals surface area contributed by atoms with Gasteiger partial charge in [-0.3, -0.25) is 0 Å². The molecule has 1 heterocycles. The van der Waals surface area contributed by atoms with Gasteiger partial charge in [-0.05, 0) is 59.0 Å². The highest BCUT2D eigenvalue weighted by atomic mass is 127. The summed E-state index contributed by atoms with van der Waals surface area (Å²) in [5, 5.41) is 3.50. The second-order valence-electron chi connectivity index (χ2n) is 3.68. The van der Waals surface area contributed by atoms with Gasteiger partial charge in [0, 0.05) is 8.45 Å². The van der Waals surface area contributed by atoms with Crippen LogP contribution in [0.1, 0.15) is 23.4 Å². The van der Waals surface area contributed by atoms with Crippen LogP contribution in [0, 0.1) is 3.57 Å². The van der Waals surface area contributed by atoms with Crippen LogP contribution in [0.4, 0.5) is 0 Å². The van der Waals surface area contributed by atoms with E-state index in [1.165, 1.54) is 14.0 Å². The first kappa shape index (κ1) is 13.3. The normalized spacial score (nSPS) is 12.6. The molecule has 0 aliphatic rings. The molecule has 0 fully saturated rings. The van der Waals surface area contributed by atoms with Crippen LogP contribution < -0.4 is 5.32 Å². The molecule has 0 aliphatic heterocycles. The highest BCUT2D eigenvalue weighted by molar-refractivity contribution is 14.1. The van der Waals surface area contributed by atoms with Gasteiger partial charge in [-0.25, -0.2) is 0 Å². The average molecular weight is 378 g/mol. The van der Waals surface area contributed by atoms with Crippen LogP contribution in [0.25, 0.3) is 0 Å². The topological polar surface area (TPSA) is 12.0 Å². The predicted molar refractivity (Wildman–Crippen MR) is 84.0 cm³/mol. The van der Waals surface area contributed by atoms with Gasteiger partial charge in [0.15, 0.2) is 0 Å². The minimum Gasteiger partial charge on any atom is -0.306 e. The maximum absolute atomic E-state index is 6.01. The molecule has 1 aromatic carbocycles. The molecule has 0 aliphatic carbocycles. The Morgan fingerprint density at radius 1 is 1.24 bits per heavy atom. The van der Waals surface area contributed by atoms with Crippen molar-refractivity contribution in [2.75, 3.05) is 6.54 Å². The summed E-state index contributed by atoms with van der Waals surface area (Å²) in [4.78, 5) is 1.26. The van der Waals surface area contributed by atoms with Crippen molar-refractivity contribution in [2.24, 2.45) is 0 Å². The molecule has 0 bridgehead atoms. The Kier molecular flexibility index (Phi) is 4.85. The highest BCUT2D eigenvalue weighted by Gasteiger charge is 2.14. The van der Waals surface area contributed by atoms with Crippen molar-refractivity contribution < 1.29 is 0 Å². The number of benzene rings is 1. The molecule has 0 spiro atoms. The molecule has 90 valence electrons. The molecule has 0 saturated carbocycles. The van der Waals surface area contributed by atoms with Crippen molar-refractivity contribution in [1.29, 1.82) is 0 Å². The van der Waals surface area contributed by atoms with Gasteiger partial charge in [0.1, 0.15) is 0 Å². The average Bonchev–Trinajstić information content (AvgIpc) is 2.74. The summed E-state index contributed by atoms with van der Waals surface area (Å²) in [6.45, 7) is 3.06. The summed E-state index contributed by atoms with van der Waals surface area (Å²) >= 11 is 9.96. The molecule has 1 unspecified atom stereocenters. The van der Waals surface area contributed by atoms with Crippen LogP contribution in [0.2, 0.25) is 4.34 Å². The van der Waals surface area contributed by atoms with Crippen molar-refractivity contribution in [3.63, 3.8) is 0 Å². The van der Waals surface area contributed by atoms with E-state index in [-0.39, 0.29) is 6.04 Å². The molecule has 1 aromatic heterocycles. The van der Waals surface area contributed by atoms with E-state index < -0.39 is 0 Å². The van der Waals surface area contributed by atoms with Gasteiger partial charge < -0.3 is 5.32 Å². The van der Waals surface area contributed by atoms with E-state index in [0.717, 1.165) is 10.9 Å². The smallest absolute Gasteiger partial charge is 0.0931 e. The second-order valence-corrected chi connectivity index (χ2v) is 6.68. The molecule has 0 saturated heterocycles. The Labute approximate surface area is 124 Å². The van der Waals surface area contributed by atoms with Gasteiger partial charge in [0.2, 0.25) is 0 Å². The summed E-state index contributed by atoms with van der Waals surface area (Å²) in [5.74, 6) is 0. The quantitative estimate of drug-likeness (QED) is 0.761. The van der Waals surface area contributed by atoms with Crippen LogP contribution in [0.3, 0.4) is 0 Å². The molecule has 1 atom stereocenters. The van der Waals surface area contributed by atoms with E-state index >= 15 is 0 Å². The fraction of sp³-hybridized carbons (Fsp3) is 0.231. The van der Waals surface area contributed by atoms with Crippen molar-refractivity contribution in [1.82, 2.24) is 5.32 Å². The van der Waals surface area contributed by atoms with E-state index in [9.17, 15) is 0 Å². The SMILES string of the molecule is CCNC(c1ccc(I)cc1)c1ccc(Cl)s1. The third kappa shape index (κ3) is 3.44. The lowest BCUT2D eigenvalue weighted by molar-refractivity contribution is 0.639. The molecule has 2 rings (SSSR count). The number of halogens is 2. The first-order chi connectivity index (χ1) is 8.20. The van der Waals surface area contributed by atoms with Crippen molar-refractivity contribution in [2.45, 2.75) is 13.0 Å². The summed E-state index contributed by atoms with van der Waals surface area (Å²) in [7, 11) is 0. The van der Waals surface area contributed by atoms with Gasteiger partial charge in [-0.2, -0.15) is 0 Å². The van der Waals surface area contributed by atoms with E-state index in [2.05, 4.69) is 65.2 Å². The first-order valence-electron chi connectivity index (χ1n) is 5.44. The number of hydrogen-bond acceptors (Lipinski definition) is 2. The van der Waals surface area contributed by atoms with Gasteiger partial charge in [0.25, 0.3) is 0 Å². The number of thiophene rings is 1. The Balaban J connectivity index is 2.31. The molecular weight excluding hydrogens is 365 g/mol. The molecule has 17 heavy (non-hydrogen) atoms. The third-order valence-corrected chi connectivity index (χ3v) is 4.51. The van der Waals surface area contributed by atoms with Crippen LogP contribution in [0.5, 0.6) is 0 Å². The van der Waals surface area contributed by atoms with Crippen LogP contribution in [-0.4, -0.2) is 6.54 Å². The lowest BCUT2D eigenvalue weighted by Gasteiger charge is -2.16.